The van der Waals surface area contributed by atoms with Crippen molar-refractivity contribution in [1.82, 2.24) is 0 Å². The van der Waals surface area contributed by atoms with Gasteiger partial charge in [0.15, 0.2) is 0 Å². The first-order chi connectivity index (χ1) is 10.1. The van der Waals surface area contributed by atoms with Crippen LogP contribution in [0.1, 0.15) is 28.9 Å². The molecule has 1 N–H and O–H groups in total. The molecule has 0 spiro atoms. The lowest BCUT2D eigenvalue weighted by atomic mass is 10.1. The standard InChI is InChI=1S/C10H8.C9H10O2.CH4.C/c1-2-6-10-8-4-3-7-9(10)5-1;1-6-3-4-8(9(10)11)7(2)5-6;;/h1-8H;3-5H,1-2H3,(H,10,11);1H4;. The SMILES string of the molecule is C.Cc1ccc(C(=O)O)c(C)c1.[C].c1ccc2ccccc2c1. The molecule has 0 saturated heterocycles. The molecule has 3 aromatic carbocycles. The summed E-state index contributed by atoms with van der Waals surface area (Å²) in [6, 6.07) is 22.0. The van der Waals surface area contributed by atoms with Crippen molar-refractivity contribution >= 4 is 16.7 Å². The zero-order valence-electron chi connectivity index (χ0n) is 12.7. The highest BCUT2D eigenvalue weighted by atomic mass is 16.4. The number of fused-ring (bicyclic) bond motifs is 1. The number of carboxylic acids is 1. The average molecular weight is 306 g/mol. The van der Waals surface area contributed by atoms with E-state index >= 15 is 0 Å². The fourth-order valence-corrected chi connectivity index (χ4v) is 2.19. The summed E-state index contributed by atoms with van der Waals surface area (Å²) in [6.07, 6.45) is 0. The van der Waals surface area contributed by atoms with Gasteiger partial charge in [0.25, 0.3) is 0 Å². The van der Waals surface area contributed by atoms with E-state index in [0.29, 0.717) is 5.56 Å². The van der Waals surface area contributed by atoms with E-state index < -0.39 is 5.97 Å². The molecule has 0 heterocycles. The molecule has 0 aliphatic heterocycles. The third-order valence-corrected chi connectivity index (χ3v) is 3.27. The van der Waals surface area contributed by atoms with E-state index in [1.54, 1.807) is 19.1 Å². The van der Waals surface area contributed by atoms with Crippen LogP contribution in [0.3, 0.4) is 0 Å². The number of hydrogen-bond acceptors (Lipinski definition) is 1. The molecule has 23 heavy (non-hydrogen) atoms. The van der Waals surface area contributed by atoms with Gasteiger partial charge in [0.2, 0.25) is 0 Å². The van der Waals surface area contributed by atoms with Gasteiger partial charge in [0.1, 0.15) is 0 Å². The predicted molar refractivity (Wildman–Crippen MR) is 96.8 cm³/mol. The van der Waals surface area contributed by atoms with Crippen LogP contribution in [-0.4, -0.2) is 11.1 Å². The zero-order chi connectivity index (χ0) is 15.2. The van der Waals surface area contributed by atoms with Crippen LogP contribution in [0.25, 0.3) is 10.8 Å². The van der Waals surface area contributed by atoms with Crippen LogP contribution in [0, 0.1) is 21.3 Å². The van der Waals surface area contributed by atoms with Crippen molar-refractivity contribution in [3.8, 4) is 0 Å². The average Bonchev–Trinajstić information content (AvgIpc) is 2.47. The summed E-state index contributed by atoms with van der Waals surface area (Å²) in [5, 5.41) is 11.3. The van der Waals surface area contributed by atoms with Gasteiger partial charge >= 0.3 is 5.97 Å². The number of benzene rings is 3. The van der Waals surface area contributed by atoms with Gasteiger partial charge in [-0.25, -0.2) is 4.79 Å². The minimum atomic E-state index is -0.859. The first-order valence-corrected chi connectivity index (χ1v) is 6.82. The first-order valence-electron chi connectivity index (χ1n) is 6.82. The van der Waals surface area contributed by atoms with Crippen molar-refractivity contribution in [3.05, 3.63) is 90.8 Å². The van der Waals surface area contributed by atoms with Gasteiger partial charge in [0, 0.05) is 7.43 Å². The molecule has 0 fully saturated rings. The topological polar surface area (TPSA) is 37.3 Å². The quantitative estimate of drug-likeness (QED) is 0.639. The Bertz CT molecular complexity index is 695. The van der Waals surface area contributed by atoms with E-state index in [1.165, 1.54) is 10.8 Å². The van der Waals surface area contributed by atoms with E-state index in [4.69, 9.17) is 5.11 Å². The molecule has 118 valence electrons. The lowest BCUT2D eigenvalue weighted by Gasteiger charge is -2.00. The molecule has 0 amide bonds. The second-order valence-electron chi connectivity index (χ2n) is 4.97. The van der Waals surface area contributed by atoms with Crippen molar-refractivity contribution in [2.24, 2.45) is 0 Å². The van der Waals surface area contributed by atoms with Gasteiger partial charge in [-0.05, 0) is 36.2 Å². The van der Waals surface area contributed by atoms with Crippen LogP contribution in [0.4, 0.5) is 0 Å². The number of aryl methyl sites for hydroxylation is 2. The summed E-state index contributed by atoms with van der Waals surface area (Å²) in [7, 11) is 0. The maximum atomic E-state index is 10.5. The Morgan fingerprint density at radius 3 is 1.61 bits per heavy atom. The fourth-order valence-electron chi connectivity index (χ4n) is 2.19. The lowest BCUT2D eigenvalue weighted by Crippen LogP contribution is -1.99. The maximum absolute atomic E-state index is 10.5. The second kappa shape index (κ2) is 9.42. The normalized spacial score (nSPS) is 8.96. The van der Waals surface area contributed by atoms with Crippen molar-refractivity contribution in [2.45, 2.75) is 21.3 Å². The van der Waals surface area contributed by atoms with Crippen LogP contribution in [0.5, 0.6) is 0 Å². The molecule has 0 aromatic heterocycles. The molecule has 0 saturated carbocycles. The molecule has 4 radical (unpaired) electrons. The third kappa shape index (κ3) is 5.59. The Kier molecular flexibility index (Phi) is 8.35. The van der Waals surface area contributed by atoms with Gasteiger partial charge in [-0.3, -0.25) is 0 Å². The van der Waals surface area contributed by atoms with E-state index in [9.17, 15) is 4.79 Å². The number of aromatic carboxylic acids is 1. The highest BCUT2D eigenvalue weighted by Crippen LogP contribution is 2.11. The molecule has 3 rings (SSSR count). The fraction of sp³-hybridized carbons (Fsp3) is 0.143. The molecule has 0 aliphatic carbocycles. The smallest absolute Gasteiger partial charge is 0.335 e. The Labute approximate surface area is 139 Å². The minimum absolute atomic E-state index is 0. The number of rotatable bonds is 1. The van der Waals surface area contributed by atoms with Crippen molar-refractivity contribution in [1.29, 1.82) is 0 Å². The van der Waals surface area contributed by atoms with E-state index in [0.717, 1.165) is 11.1 Å². The van der Waals surface area contributed by atoms with Crippen LogP contribution >= 0.6 is 0 Å². The van der Waals surface area contributed by atoms with E-state index in [2.05, 4.69) is 48.5 Å². The first kappa shape index (κ1) is 20.4. The summed E-state index contributed by atoms with van der Waals surface area (Å²) < 4.78 is 0. The van der Waals surface area contributed by atoms with Gasteiger partial charge < -0.3 is 5.11 Å². The summed E-state index contributed by atoms with van der Waals surface area (Å²) >= 11 is 0. The summed E-state index contributed by atoms with van der Waals surface area (Å²) in [5.41, 5.74) is 2.29. The number of carbonyl (C=O) groups is 1. The molecule has 0 aliphatic rings. The number of hydrogen-bond donors (Lipinski definition) is 1. The summed E-state index contributed by atoms with van der Waals surface area (Å²) in [5.74, 6) is -0.859. The van der Waals surface area contributed by atoms with Crippen LogP contribution in [0.15, 0.2) is 66.7 Å². The van der Waals surface area contributed by atoms with Crippen molar-refractivity contribution in [2.75, 3.05) is 0 Å². The minimum Gasteiger partial charge on any atom is -0.478 e. The van der Waals surface area contributed by atoms with Gasteiger partial charge in [-0.2, -0.15) is 0 Å². The van der Waals surface area contributed by atoms with Crippen LogP contribution in [-0.2, 0) is 0 Å². The molecule has 3 aromatic rings. The molecular formula is C21H22O2. The Hall–Kier alpha value is -2.61. The summed E-state index contributed by atoms with van der Waals surface area (Å²) in [6.45, 7) is 3.75. The van der Waals surface area contributed by atoms with Gasteiger partial charge in [-0.15, -0.1) is 0 Å². The van der Waals surface area contributed by atoms with Crippen LogP contribution < -0.4 is 0 Å². The highest BCUT2D eigenvalue weighted by molar-refractivity contribution is 5.89. The highest BCUT2D eigenvalue weighted by Gasteiger charge is 2.04. The molecule has 2 heteroatoms. The molecule has 0 bridgehead atoms. The monoisotopic (exact) mass is 306 g/mol. The Morgan fingerprint density at radius 2 is 1.26 bits per heavy atom. The van der Waals surface area contributed by atoms with Crippen LogP contribution in [0.2, 0.25) is 0 Å². The zero-order valence-corrected chi connectivity index (χ0v) is 12.7. The molecular weight excluding hydrogens is 284 g/mol. The summed E-state index contributed by atoms with van der Waals surface area (Å²) in [4.78, 5) is 10.5. The second-order valence-corrected chi connectivity index (χ2v) is 4.97. The Balaban J connectivity index is 0.000000388. The third-order valence-electron chi connectivity index (χ3n) is 3.27. The van der Waals surface area contributed by atoms with Crippen molar-refractivity contribution < 1.29 is 9.90 Å². The number of carboxylic acid groups (broad SMARTS) is 1. The lowest BCUT2D eigenvalue weighted by molar-refractivity contribution is 0.0696. The molecule has 2 nitrogen and oxygen atoms in total. The largest absolute Gasteiger partial charge is 0.478 e. The van der Waals surface area contributed by atoms with Gasteiger partial charge in [-0.1, -0.05) is 73.7 Å². The van der Waals surface area contributed by atoms with E-state index in [-0.39, 0.29) is 14.9 Å². The predicted octanol–water partition coefficient (Wildman–Crippen LogP) is 5.56. The maximum Gasteiger partial charge on any atom is 0.335 e. The molecule has 0 atom stereocenters. The van der Waals surface area contributed by atoms with Crippen molar-refractivity contribution in [3.63, 3.8) is 0 Å². The molecule has 0 unspecified atom stereocenters. The van der Waals surface area contributed by atoms with E-state index in [1.807, 2.05) is 13.0 Å². The van der Waals surface area contributed by atoms with Gasteiger partial charge in [0.05, 0.1) is 5.56 Å². The Morgan fingerprint density at radius 1 is 0.826 bits per heavy atom.